The quantitative estimate of drug-likeness (QED) is 0.776. The fourth-order valence-corrected chi connectivity index (χ4v) is 3.56. The van der Waals surface area contributed by atoms with E-state index in [-0.39, 0.29) is 6.54 Å². The molecule has 0 aliphatic carbocycles. The summed E-state index contributed by atoms with van der Waals surface area (Å²) < 4.78 is 65.4. The lowest BCUT2D eigenvalue weighted by atomic mass is 10.1. The number of sulfonamides is 1. The highest BCUT2D eigenvalue weighted by Crippen LogP contribution is 2.29. The Kier molecular flexibility index (Phi) is 5.15. The molecule has 2 aromatic rings. The van der Waals surface area contributed by atoms with Gasteiger partial charge in [0.25, 0.3) is 5.56 Å². The summed E-state index contributed by atoms with van der Waals surface area (Å²) in [5, 5.41) is 0. The molecule has 0 N–H and O–H groups in total. The summed E-state index contributed by atoms with van der Waals surface area (Å²) in [7, 11) is -0.604. The maximum Gasteiger partial charge on any atom is 0.416 e. The second-order valence-corrected chi connectivity index (χ2v) is 7.72. The number of aryl methyl sites for hydroxylation is 1. The smallest absolute Gasteiger partial charge is 0.302 e. The van der Waals surface area contributed by atoms with Crippen molar-refractivity contribution < 1.29 is 21.6 Å². The van der Waals surface area contributed by atoms with Gasteiger partial charge in [0, 0.05) is 33.9 Å². The summed E-state index contributed by atoms with van der Waals surface area (Å²) in [6.07, 6.45) is -3.57. The van der Waals surface area contributed by atoms with Crippen LogP contribution in [0.25, 0.3) is 0 Å². The van der Waals surface area contributed by atoms with E-state index in [9.17, 15) is 31.2 Å². The van der Waals surface area contributed by atoms with Crippen LogP contribution in [-0.4, -0.2) is 28.9 Å². The lowest BCUT2D eigenvalue weighted by Crippen LogP contribution is -2.41. The standard InChI is InChI=1S/C15H16F3N3O4S/c1-19-9-12(13(22)21(3)14(19)23)26(24,25)20(2)8-10-4-6-11(7-5-10)15(16,17)18/h4-7,9H,8H2,1-3H3. The molecule has 0 aliphatic heterocycles. The molecule has 0 aliphatic rings. The highest BCUT2D eigenvalue weighted by molar-refractivity contribution is 7.89. The number of rotatable bonds is 4. The molecule has 0 atom stereocenters. The highest BCUT2D eigenvalue weighted by atomic mass is 32.2. The second-order valence-electron chi connectivity index (χ2n) is 5.71. The van der Waals surface area contributed by atoms with Crippen LogP contribution in [0, 0.1) is 0 Å². The van der Waals surface area contributed by atoms with Gasteiger partial charge in [-0.25, -0.2) is 13.2 Å². The van der Waals surface area contributed by atoms with Gasteiger partial charge in [-0.2, -0.15) is 17.5 Å². The molecule has 2 rings (SSSR count). The number of aromatic nitrogens is 2. The first kappa shape index (κ1) is 19.9. The Bertz CT molecular complexity index is 1040. The fourth-order valence-electron chi connectivity index (χ4n) is 2.26. The van der Waals surface area contributed by atoms with Crippen molar-refractivity contribution in [2.45, 2.75) is 17.6 Å². The fraction of sp³-hybridized carbons (Fsp3) is 0.333. The molecular weight excluding hydrogens is 375 g/mol. The van der Waals surface area contributed by atoms with Gasteiger partial charge in [0.2, 0.25) is 10.0 Å². The van der Waals surface area contributed by atoms with Crippen LogP contribution in [0.4, 0.5) is 13.2 Å². The van der Waals surface area contributed by atoms with E-state index in [1.54, 1.807) is 0 Å². The van der Waals surface area contributed by atoms with Gasteiger partial charge in [-0.3, -0.25) is 9.36 Å². The van der Waals surface area contributed by atoms with Crippen molar-refractivity contribution >= 4 is 10.0 Å². The summed E-state index contributed by atoms with van der Waals surface area (Å²) in [4.78, 5) is 23.2. The van der Waals surface area contributed by atoms with Crippen LogP contribution in [0.15, 0.2) is 44.9 Å². The van der Waals surface area contributed by atoms with Gasteiger partial charge in [0.1, 0.15) is 0 Å². The summed E-state index contributed by atoms with van der Waals surface area (Å²) in [6, 6.07) is 4.02. The molecule has 11 heteroatoms. The van der Waals surface area contributed by atoms with Crippen LogP contribution in [0.5, 0.6) is 0 Å². The number of hydrogen-bond donors (Lipinski definition) is 0. The molecule has 0 amide bonds. The van der Waals surface area contributed by atoms with Gasteiger partial charge >= 0.3 is 11.9 Å². The van der Waals surface area contributed by atoms with E-state index in [0.29, 0.717) is 10.1 Å². The first-order chi connectivity index (χ1) is 11.9. The number of nitrogens with zero attached hydrogens (tertiary/aromatic N) is 3. The summed E-state index contributed by atoms with van der Waals surface area (Å²) in [5.41, 5.74) is -2.20. The predicted octanol–water partition coefficient (Wildman–Crippen LogP) is 0.923. The molecule has 0 fully saturated rings. The maximum absolute atomic E-state index is 12.6. The molecule has 0 spiro atoms. The molecule has 0 unspecified atom stereocenters. The van der Waals surface area contributed by atoms with E-state index in [0.717, 1.165) is 46.4 Å². The Hall–Kier alpha value is -2.40. The maximum atomic E-state index is 12.6. The van der Waals surface area contributed by atoms with Gasteiger partial charge < -0.3 is 4.57 Å². The molecule has 1 aromatic heterocycles. The monoisotopic (exact) mass is 391 g/mol. The van der Waals surface area contributed by atoms with Crippen molar-refractivity contribution in [2.75, 3.05) is 7.05 Å². The van der Waals surface area contributed by atoms with E-state index < -0.39 is 37.9 Å². The second kappa shape index (κ2) is 6.72. The van der Waals surface area contributed by atoms with E-state index in [1.807, 2.05) is 0 Å². The van der Waals surface area contributed by atoms with Crippen LogP contribution in [0.2, 0.25) is 0 Å². The van der Waals surface area contributed by atoms with E-state index in [1.165, 1.54) is 14.1 Å². The van der Waals surface area contributed by atoms with Crippen LogP contribution in [0.1, 0.15) is 11.1 Å². The average Bonchev–Trinajstić information content (AvgIpc) is 2.55. The molecule has 0 saturated carbocycles. The zero-order valence-electron chi connectivity index (χ0n) is 14.1. The van der Waals surface area contributed by atoms with Crippen molar-refractivity contribution in [1.82, 2.24) is 13.4 Å². The van der Waals surface area contributed by atoms with E-state index >= 15 is 0 Å². The predicted molar refractivity (Wildman–Crippen MR) is 87.0 cm³/mol. The Balaban J connectivity index is 2.36. The Labute approximate surface area is 147 Å². The first-order valence-electron chi connectivity index (χ1n) is 7.25. The summed E-state index contributed by atoms with van der Waals surface area (Å²) in [6.45, 7) is -0.244. The molecule has 1 heterocycles. The third kappa shape index (κ3) is 3.73. The minimum atomic E-state index is -4.49. The van der Waals surface area contributed by atoms with Crippen LogP contribution in [-0.2, 0) is 36.8 Å². The van der Waals surface area contributed by atoms with Gasteiger partial charge in [-0.05, 0) is 17.7 Å². The minimum absolute atomic E-state index is 0.244. The van der Waals surface area contributed by atoms with Crippen molar-refractivity contribution in [2.24, 2.45) is 14.1 Å². The lowest BCUT2D eigenvalue weighted by molar-refractivity contribution is -0.137. The molecule has 0 saturated heterocycles. The topological polar surface area (TPSA) is 81.4 Å². The third-order valence-electron chi connectivity index (χ3n) is 3.79. The summed E-state index contributed by atoms with van der Waals surface area (Å²) >= 11 is 0. The summed E-state index contributed by atoms with van der Waals surface area (Å²) in [5.74, 6) is 0. The molecule has 1 aromatic carbocycles. The normalized spacial score (nSPS) is 12.6. The third-order valence-corrected chi connectivity index (χ3v) is 5.58. The number of alkyl halides is 3. The Morgan fingerprint density at radius 2 is 1.62 bits per heavy atom. The zero-order chi connectivity index (χ0) is 19.9. The van der Waals surface area contributed by atoms with Crippen LogP contribution < -0.4 is 11.2 Å². The number of halogens is 3. The van der Waals surface area contributed by atoms with Gasteiger partial charge in [-0.15, -0.1) is 0 Å². The number of hydrogen-bond acceptors (Lipinski definition) is 4. The van der Waals surface area contributed by atoms with Crippen LogP contribution >= 0.6 is 0 Å². The average molecular weight is 391 g/mol. The van der Waals surface area contributed by atoms with Crippen molar-refractivity contribution in [3.05, 3.63) is 62.4 Å². The van der Waals surface area contributed by atoms with Gasteiger partial charge in [-0.1, -0.05) is 12.1 Å². The van der Waals surface area contributed by atoms with Crippen LogP contribution in [0.3, 0.4) is 0 Å². The first-order valence-corrected chi connectivity index (χ1v) is 8.69. The highest BCUT2D eigenvalue weighted by Gasteiger charge is 2.30. The molecule has 26 heavy (non-hydrogen) atoms. The molecule has 0 radical (unpaired) electrons. The van der Waals surface area contributed by atoms with E-state index in [2.05, 4.69) is 0 Å². The Morgan fingerprint density at radius 3 is 2.12 bits per heavy atom. The Morgan fingerprint density at radius 1 is 1.08 bits per heavy atom. The molecular formula is C15H16F3N3O4S. The van der Waals surface area contributed by atoms with Gasteiger partial charge in [0.05, 0.1) is 5.56 Å². The lowest BCUT2D eigenvalue weighted by Gasteiger charge is -2.18. The van der Waals surface area contributed by atoms with Crippen molar-refractivity contribution in [3.8, 4) is 0 Å². The zero-order valence-corrected chi connectivity index (χ0v) is 14.9. The molecule has 142 valence electrons. The van der Waals surface area contributed by atoms with E-state index in [4.69, 9.17) is 0 Å². The van der Waals surface area contributed by atoms with Crippen molar-refractivity contribution in [1.29, 1.82) is 0 Å². The van der Waals surface area contributed by atoms with Crippen molar-refractivity contribution in [3.63, 3.8) is 0 Å². The minimum Gasteiger partial charge on any atom is -0.302 e. The largest absolute Gasteiger partial charge is 0.416 e. The SMILES string of the molecule is CN(Cc1ccc(C(F)(F)F)cc1)S(=O)(=O)c1cn(C)c(=O)n(C)c1=O. The molecule has 0 bridgehead atoms. The number of benzene rings is 1. The van der Waals surface area contributed by atoms with Gasteiger partial charge in [0.15, 0.2) is 4.90 Å². The molecule has 7 nitrogen and oxygen atoms in total.